The average molecular weight is 447 g/mol. The van der Waals surface area contributed by atoms with Crippen LogP contribution in [0.25, 0.3) is 0 Å². The molecule has 2 aromatic carbocycles. The number of ether oxygens (including phenoxy) is 1. The van der Waals surface area contributed by atoms with E-state index in [1.54, 1.807) is 11.8 Å². The van der Waals surface area contributed by atoms with Crippen LogP contribution in [-0.2, 0) is 22.6 Å². The maximum absolute atomic E-state index is 12.9. The number of nitrogens with zero attached hydrogens (tertiary/aromatic N) is 1. The van der Waals surface area contributed by atoms with Gasteiger partial charge in [0.2, 0.25) is 5.91 Å². The lowest BCUT2D eigenvalue weighted by Crippen LogP contribution is -2.49. The van der Waals surface area contributed by atoms with Crippen LogP contribution >= 0.6 is 15.9 Å². The van der Waals surface area contributed by atoms with Gasteiger partial charge in [-0.05, 0) is 59.5 Å². The molecule has 1 N–H and O–H groups in total. The highest BCUT2D eigenvalue weighted by Crippen LogP contribution is 2.26. The highest BCUT2D eigenvalue weighted by atomic mass is 79.9. The minimum absolute atomic E-state index is 0.138. The molecule has 0 aliphatic rings. The van der Waals surface area contributed by atoms with E-state index in [0.717, 1.165) is 16.5 Å². The van der Waals surface area contributed by atoms with Crippen molar-refractivity contribution in [2.24, 2.45) is 0 Å². The SMILES string of the molecule is CCNC(=O)[C@H](C)N(Cc1ccccc1)C(=O)COc1ccc(CC)cc1Br. The molecular weight excluding hydrogens is 420 g/mol. The third kappa shape index (κ3) is 6.09. The molecule has 2 rings (SSSR count). The van der Waals surface area contributed by atoms with Crippen molar-refractivity contribution in [2.75, 3.05) is 13.2 Å². The zero-order valence-corrected chi connectivity index (χ0v) is 18.2. The fraction of sp³-hybridized carbons (Fsp3) is 0.364. The van der Waals surface area contributed by atoms with Gasteiger partial charge in [0.1, 0.15) is 11.8 Å². The van der Waals surface area contributed by atoms with Gasteiger partial charge in [0.25, 0.3) is 5.91 Å². The Morgan fingerprint density at radius 1 is 1.11 bits per heavy atom. The summed E-state index contributed by atoms with van der Waals surface area (Å²) in [6, 6.07) is 14.8. The van der Waals surface area contributed by atoms with Crippen LogP contribution in [0.1, 0.15) is 31.9 Å². The van der Waals surface area contributed by atoms with Crippen molar-refractivity contribution in [1.82, 2.24) is 10.2 Å². The first-order chi connectivity index (χ1) is 13.5. The normalized spacial score (nSPS) is 11.6. The summed E-state index contributed by atoms with van der Waals surface area (Å²) in [4.78, 5) is 26.8. The summed E-state index contributed by atoms with van der Waals surface area (Å²) in [5.41, 5.74) is 2.14. The van der Waals surface area contributed by atoms with Gasteiger partial charge in [-0.25, -0.2) is 0 Å². The summed E-state index contributed by atoms with van der Waals surface area (Å²) in [5.74, 6) is 0.185. The number of hydrogen-bond acceptors (Lipinski definition) is 3. The lowest BCUT2D eigenvalue weighted by Gasteiger charge is -2.28. The van der Waals surface area contributed by atoms with E-state index < -0.39 is 6.04 Å². The molecule has 0 radical (unpaired) electrons. The van der Waals surface area contributed by atoms with Gasteiger partial charge in [0, 0.05) is 13.1 Å². The molecule has 150 valence electrons. The molecule has 0 saturated carbocycles. The third-order valence-corrected chi connectivity index (χ3v) is 5.09. The summed E-state index contributed by atoms with van der Waals surface area (Å²) in [6.07, 6.45) is 0.923. The van der Waals surface area contributed by atoms with Crippen molar-refractivity contribution in [2.45, 2.75) is 39.8 Å². The number of aryl methyl sites for hydroxylation is 1. The second-order valence-electron chi connectivity index (χ2n) is 6.48. The van der Waals surface area contributed by atoms with E-state index in [9.17, 15) is 9.59 Å². The first kappa shape index (κ1) is 22.0. The number of carbonyl (C=O) groups is 2. The molecule has 0 bridgehead atoms. The molecule has 0 saturated heterocycles. The van der Waals surface area contributed by atoms with E-state index in [4.69, 9.17) is 4.74 Å². The zero-order valence-electron chi connectivity index (χ0n) is 16.6. The Morgan fingerprint density at radius 3 is 2.43 bits per heavy atom. The van der Waals surface area contributed by atoms with Crippen LogP contribution in [0.2, 0.25) is 0 Å². The average Bonchev–Trinajstić information content (AvgIpc) is 2.71. The lowest BCUT2D eigenvalue weighted by molar-refractivity contribution is -0.142. The monoisotopic (exact) mass is 446 g/mol. The standard InChI is InChI=1S/C22H27BrN2O3/c1-4-17-11-12-20(19(23)13-17)28-15-21(26)25(16(3)22(27)24-5-2)14-18-9-7-6-8-10-18/h6-13,16H,4-5,14-15H2,1-3H3,(H,24,27)/t16-/m0/s1. The summed E-state index contributed by atoms with van der Waals surface area (Å²) in [7, 11) is 0. The van der Waals surface area contributed by atoms with Crippen molar-refractivity contribution < 1.29 is 14.3 Å². The Morgan fingerprint density at radius 2 is 1.82 bits per heavy atom. The van der Waals surface area contributed by atoms with Crippen LogP contribution in [0.4, 0.5) is 0 Å². The Balaban J connectivity index is 2.12. The molecule has 0 unspecified atom stereocenters. The number of nitrogens with one attached hydrogen (secondary N) is 1. The van der Waals surface area contributed by atoms with Crippen molar-refractivity contribution >= 4 is 27.7 Å². The molecule has 0 heterocycles. The highest BCUT2D eigenvalue weighted by Gasteiger charge is 2.26. The molecule has 2 aromatic rings. The van der Waals surface area contributed by atoms with E-state index in [1.165, 1.54) is 5.56 Å². The van der Waals surface area contributed by atoms with Gasteiger partial charge in [-0.2, -0.15) is 0 Å². The van der Waals surface area contributed by atoms with Crippen molar-refractivity contribution in [3.63, 3.8) is 0 Å². The molecule has 5 nitrogen and oxygen atoms in total. The number of hydrogen-bond donors (Lipinski definition) is 1. The fourth-order valence-electron chi connectivity index (χ4n) is 2.79. The van der Waals surface area contributed by atoms with Crippen LogP contribution in [0, 0.1) is 0 Å². The van der Waals surface area contributed by atoms with Crippen molar-refractivity contribution in [1.29, 1.82) is 0 Å². The van der Waals surface area contributed by atoms with E-state index in [-0.39, 0.29) is 18.4 Å². The lowest BCUT2D eigenvalue weighted by atomic mass is 10.1. The van der Waals surface area contributed by atoms with Gasteiger partial charge < -0.3 is 15.0 Å². The molecular formula is C22H27BrN2O3. The Labute approximate surface area is 175 Å². The molecule has 1 atom stereocenters. The second kappa shape index (κ2) is 10.9. The third-order valence-electron chi connectivity index (χ3n) is 4.47. The number of rotatable bonds is 9. The quantitative estimate of drug-likeness (QED) is 0.634. The van der Waals surface area contributed by atoms with Gasteiger partial charge in [-0.3, -0.25) is 9.59 Å². The number of likely N-dealkylation sites (N-methyl/N-ethyl adjacent to an activating group) is 1. The van der Waals surface area contributed by atoms with Crippen LogP contribution in [0.5, 0.6) is 5.75 Å². The number of benzene rings is 2. The molecule has 0 spiro atoms. The summed E-state index contributed by atoms with van der Waals surface area (Å²) in [5, 5.41) is 2.78. The largest absolute Gasteiger partial charge is 0.483 e. The molecule has 2 amide bonds. The highest BCUT2D eigenvalue weighted by molar-refractivity contribution is 9.10. The van der Waals surface area contributed by atoms with Gasteiger partial charge in [-0.1, -0.05) is 43.3 Å². The fourth-order valence-corrected chi connectivity index (χ4v) is 3.33. The number of amides is 2. The number of carbonyl (C=O) groups excluding carboxylic acids is 2. The first-order valence-corrected chi connectivity index (χ1v) is 10.3. The maximum atomic E-state index is 12.9. The van der Waals surface area contributed by atoms with Crippen molar-refractivity contribution in [3.8, 4) is 5.75 Å². The van der Waals surface area contributed by atoms with E-state index in [1.807, 2.05) is 55.5 Å². The second-order valence-corrected chi connectivity index (χ2v) is 7.34. The zero-order chi connectivity index (χ0) is 20.5. The molecule has 6 heteroatoms. The topological polar surface area (TPSA) is 58.6 Å². The van der Waals surface area contributed by atoms with E-state index in [0.29, 0.717) is 18.8 Å². The van der Waals surface area contributed by atoms with Crippen LogP contribution in [-0.4, -0.2) is 35.9 Å². The summed E-state index contributed by atoms with van der Waals surface area (Å²) >= 11 is 3.49. The predicted molar refractivity (Wildman–Crippen MR) is 114 cm³/mol. The van der Waals surface area contributed by atoms with E-state index in [2.05, 4.69) is 28.2 Å². The van der Waals surface area contributed by atoms with Gasteiger partial charge in [-0.15, -0.1) is 0 Å². The molecule has 28 heavy (non-hydrogen) atoms. The minimum Gasteiger partial charge on any atom is -0.483 e. The summed E-state index contributed by atoms with van der Waals surface area (Å²) < 4.78 is 6.55. The van der Waals surface area contributed by atoms with Crippen LogP contribution < -0.4 is 10.1 Å². The Hall–Kier alpha value is -2.34. The van der Waals surface area contributed by atoms with E-state index >= 15 is 0 Å². The van der Waals surface area contributed by atoms with Gasteiger partial charge in [0.15, 0.2) is 6.61 Å². The molecule has 0 aromatic heterocycles. The van der Waals surface area contributed by atoms with Crippen molar-refractivity contribution in [3.05, 3.63) is 64.1 Å². The maximum Gasteiger partial charge on any atom is 0.261 e. The van der Waals surface area contributed by atoms with Crippen LogP contribution in [0.15, 0.2) is 53.0 Å². The van der Waals surface area contributed by atoms with Gasteiger partial charge in [0.05, 0.1) is 4.47 Å². The Bertz CT molecular complexity index is 796. The summed E-state index contributed by atoms with van der Waals surface area (Å²) in [6.45, 7) is 6.39. The van der Waals surface area contributed by atoms with Gasteiger partial charge >= 0.3 is 0 Å². The smallest absolute Gasteiger partial charge is 0.261 e. The molecule has 0 fully saturated rings. The molecule has 0 aliphatic heterocycles. The van der Waals surface area contributed by atoms with Crippen LogP contribution in [0.3, 0.4) is 0 Å². The molecule has 0 aliphatic carbocycles. The number of halogens is 1. The first-order valence-electron chi connectivity index (χ1n) is 9.48. The predicted octanol–water partition coefficient (Wildman–Crippen LogP) is 3.94. The minimum atomic E-state index is -0.595. The Kier molecular flexibility index (Phi) is 8.51.